The summed E-state index contributed by atoms with van der Waals surface area (Å²) in [4.78, 5) is 0. The van der Waals surface area contributed by atoms with Gasteiger partial charge in [0.2, 0.25) is 0 Å². The van der Waals surface area contributed by atoms with Crippen molar-refractivity contribution >= 4 is 49.1 Å². The van der Waals surface area contributed by atoms with E-state index in [4.69, 9.17) is 9.47 Å². The molecular weight excluding hydrogens is 491 g/mol. The fourth-order valence-corrected chi connectivity index (χ4v) is 10.9. The Labute approximate surface area is 147 Å². The van der Waals surface area contributed by atoms with E-state index in [1.807, 2.05) is 13.8 Å². The third-order valence-corrected chi connectivity index (χ3v) is 11.4. The summed E-state index contributed by atoms with van der Waals surface area (Å²) in [5.74, 6) is 1.97. The minimum absolute atomic E-state index is 0.0510. The molecule has 0 radical (unpaired) electrons. The summed E-state index contributed by atoms with van der Waals surface area (Å²) in [7, 11) is 0. The van der Waals surface area contributed by atoms with Crippen LogP contribution in [0.3, 0.4) is 0 Å². The van der Waals surface area contributed by atoms with Crippen LogP contribution in [0.25, 0.3) is 0 Å². The Hall–Kier alpha value is -0.381. The Bertz CT molecular complexity index is 474. The molecule has 0 N–H and O–H groups in total. The molecule has 0 fully saturated rings. The Balaban J connectivity index is 1.78. The van der Waals surface area contributed by atoms with Gasteiger partial charge in [-0.3, -0.25) is 0 Å². The standard InChI is InChI=1S/C17H20O2Te2/c1-3-18-14-5-9-16(10-6-14)20-13-21-17-11-7-15(8-12-17)19-4-2/h5-12H,3-4,13H2,1-2H3. The molecule has 0 unspecified atom stereocenters. The third-order valence-electron chi connectivity index (χ3n) is 2.72. The van der Waals surface area contributed by atoms with Crippen molar-refractivity contribution in [1.82, 2.24) is 0 Å². The van der Waals surface area contributed by atoms with Crippen LogP contribution in [0.5, 0.6) is 11.5 Å². The molecule has 0 aliphatic rings. The SMILES string of the molecule is CCOc1ccc([Te]C[Te]c2ccc(OCC)cc2)cc1. The van der Waals surface area contributed by atoms with Crippen LogP contribution >= 0.6 is 0 Å². The molecule has 0 saturated heterocycles. The van der Waals surface area contributed by atoms with Gasteiger partial charge < -0.3 is 0 Å². The van der Waals surface area contributed by atoms with Gasteiger partial charge in [-0.1, -0.05) is 0 Å². The van der Waals surface area contributed by atoms with E-state index < -0.39 is 0 Å². The van der Waals surface area contributed by atoms with Gasteiger partial charge in [-0.25, -0.2) is 0 Å². The van der Waals surface area contributed by atoms with E-state index in [1.165, 1.54) is 9.74 Å². The molecule has 112 valence electrons. The van der Waals surface area contributed by atoms with E-state index >= 15 is 0 Å². The first-order valence-electron chi connectivity index (χ1n) is 7.03. The normalized spacial score (nSPS) is 10.4. The van der Waals surface area contributed by atoms with Crippen LogP contribution in [-0.2, 0) is 0 Å². The fraction of sp³-hybridized carbons (Fsp3) is 0.294. The van der Waals surface area contributed by atoms with E-state index in [9.17, 15) is 0 Å². The molecule has 0 bridgehead atoms. The van der Waals surface area contributed by atoms with Gasteiger partial charge in [0.1, 0.15) is 0 Å². The predicted octanol–water partition coefficient (Wildman–Crippen LogP) is 2.22. The van der Waals surface area contributed by atoms with Crippen molar-refractivity contribution in [2.45, 2.75) is 16.4 Å². The molecule has 0 saturated carbocycles. The van der Waals surface area contributed by atoms with Crippen molar-refractivity contribution in [1.29, 1.82) is 0 Å². The van der Waals surface area contributed by atoms with Gasteiger partial charge in [0, 0.05) is 0 Å². The number of hydrogen-bond acceptors (Lipinski definition) is 2. The topological polar surface area (TPSA) is 18.5 Å². The predicted molar refractivity (Wildman–Crippen MR) is 90.8 cm³/mol. The zero-order chi connectivity index (χ0) is 14.9. The van der Waals surface area contributed by atoms with E-state index in [-0.39, 0.29) is 41.8 Å². The summed E-state index contributed by atoms with van der Waals surface area (Å²) < 4.78 is 15.4. The van der Waals surface area contributed by atoms with Gasteiger partial charge in [-0.05, 0) is 0 Å². The average molecular weight is 512 g/mol. The van der Waals surface area contributed by atoms with E-state index in [0.717, 1.165) is 24.7 Å². The first-order valence-corrected chi connectivity index (χ1v) is 12.7. The summed E-state index contributed by atoms with van der Waals surface area (Å²) in [6.45, 7) is 5.51. The second kappa shape index (κ2) is 9.60. The zero-order valence-electron chi connectivity index (χ0n) is 12.4. The van der Waals surface area contributed by atoms with Gasteiger partial charge in [0.05, 0.1) is 0 Å². The van der Waals surface area contributed by atoms with E-state index in [2.05, 4.69) is 48.5 Å². The van der Waals surface area contributed by atoms with Crippen LogP contribution in [0, 0.1) is 0 Å². The molecule has 21 heavy (non-hydrogen) atoms. The molecule has 2 aromatic carbocycles. The summed E-state index contributed by atoms with van der Waals surface area (Å²) >= 11 is -0.102. The molecule has 2 aromatic rings. The first-order chi connectivity index (χ1) is 10.3. The van der Waals surface area contributed by atoms with Crippen molar-refractivity contribution in [3.05, 3.63) is 48.5 Å². The molecule has 2 nitrogen and oxygen atoms in total. The number of benzene rings is 2. The summed E-state index contributed by atoms with van der Waals surface area (Å²) in [6, 6.07) is 17.3. The molecular formula is C17H20O2Te2. The van der Waals surface area contributed by atoms with Crippen molar-refractivity contribution in [3.8, 4) is 11.5 Å². The van der Waals surface area contributed by atoms with Gasteiger partial charge in [-0.15, -0.1) is 0 Å². The molecule has 0 aromatic heterocycles. The second-order valence-corrected chi connectivity index (χ2v) is 13.7. The molecule has 0 aliphatic heterocycles. The van der Waals surface area contributed by atoms with Crippen LogP contribution in [0.2, 0.25) is 2.52 Å². The molecule has 0 heterocycles. The minimum atomic E-state index is -0.0510. The van der Waals surface area contributed by atoms with Gasteiger partial charge in [0.15, 0.2) is 0 Å². The zero-order valence-corrected chi connectivity index (χ0v) is 17.0. The van der Waals surface area contributed by atoms with E-state index in [1.54, 1.807) is 0 Å². The van der Waals surface area contributed by atoms with Crippen molar-refractivity contribution in [2.75, 3.05) is 13.2 Å². The Morgan fingerprint density at radius 1 is 0.667 bits per heavy atom. The number of ether oxygens (including phenoxy) is 2. The Morgan fingerprint density at radius 2 is 1.05 bits per heavy atom. The van der Waals surface area contributed by atoms with Crippen LogP contribution in [-0.4, -0.2) is 55.1 Å². The Morgan fingerprint density at radius 3 is 1.38 bits per heavy atom. The number of hydrogen-bond donors (Lipinski definition) is 0. The summed E-state index contributed by atoms with van der Waals surface area (Å²) in [6.07, 6.45) is 0. The van der Waals surface area contributed by atoms with Crippen molar-refractivity contribution < 1.29 is 9.47 Å². The Kier molecular flexibility index (Phi) is 7.76. The average Bonchev–Trinajstić information content (AvgIpc) is 2.51. The van der Waals surface area contributed by atoms with E-state index in [0.29, 0.717) is 0 Å². The van der Waals surface area contributed by atoms with Crippen LogP contribution in [0.1, 0.15) is 13.8 Å². The monoisotopic (exact) mass is 516 g/mol. The van der Waals surface area contributed by atoms with Crippen molar-refractivity contribution in [3.63, 3.8) is 0 Å². The molecule has 0 aliphatic carbocycles. The third kappa shape index (κ3) is 6.09. The quantitative estimate of drug-likeness (QED) is 0.507. The molecule has 0 amide bonds. The van der Waals surface area contributed by atoms with Gasteiger partial charge >= 0.3 is 148 Å². The van der Waals surface area contributed by atoms with Gasteiger partial charge in [0.25, 0.3) is 0 Å². The van der Waals surface area contributed by atoms with Crippen LogP contribution in [0.15, 0.2) is 48.5 Å². The molecule has 2 rings (SSSR count). The van der Waals surface area contributed by atoms with Crippen molar-refractivity contribution in [2.24, 2.45) is 0 Å². The van der Waals surface area contributed by atoms with Crippen LogP contribution in [0.4, 0.5) is 0 Å². The number of rotatable bonds is 8. The summed E-state index contributed by atoms with van der Waals surface area (Å²) in [5.41, 5.74) is 0. The second-order valence-electron chi connectivity index (χ2n) is 4.22. The van der Waals surface area contributed by atoms with Gasteiger partial charge in [-0.2, -0.15) is 0 Å². The van der Waals surface area contributed by atoms with Crippen LogP contribution < -0.4 is 16.7 Å². The molecule has 0 atom stereocenters. The maximum absolute atomic E-state index is 5.48. The molecule has 4 heteroatoms. The first kappa shape index (κ1) is 17.0. The summed E-state index contributed by atoms with van der Waals surface area (Å²) in [5, 5.41) is 0. The molecule has 0 spiro atoms. The fourth-order valence-electron chi connectivity index (χ4n) is 1.76. The maximum atomic E-state index is 5.48.